The van der Waals surface area contributed by atoms with E-state index in [1.54, 1.807) is 0 Å². The third-order valence-electron chi connectivity index (χ3n) is 4.29. The zero-order valence-electron chi connectivity index (χ0n) is 12.7. The fourth-order valence-corrected chi connectivity index (χ4v) is 2.82. The van der Waals surface area contributed by atoms with Gasteiger partial charge in [-0.25, -0.2) is 0 Å². The van der Waals surface area contributed by atoms with Crippen molar-refractivity contribution in [1.82, 2.24) is 15.3 Å². The Morgan fingerprint density at radius 1 is 1.32 bits per heavy atom. The first-order chi connectivity index (χ1) is 9.12. The summed E-state index contributed by atoms with van der Waals surface area (Å²) in [4.78, 5) is 6.88. The first-order valence-corrected chi connectivity index (χ1v) is 7.23. The van der Waals surface area contributed by atoms with Gasteiger partial charge in [-0.2, -0.15) is 0 Å². The molecular formula is C15H28N4. The second-order valence-corrected chi connectivity index (χ2v) is 5.13. The SMILES string of the molecule is CCN(CC)C(C)(CC)C(Cc1ccccn1)NN. The highest BCUT2D eigenvalue weighted by atomic mass is 15.3. The van der Waals surface area contributed by atoms with Gasteiger partial charge in [0.15, 0.2) is 0 Å². The minimum atomic E-state index is 0.0375. The Morgan fingerprint density at radius 2 is 2.00 bits per heavy atom. The van der Waals surface area contributed by atoms with E-state index < -0.39 is 0 Å². The number of likely N-dealkylation sites (N-methyl/N-ethyl adjacent to an activating group) is 1. The molecule has 4 nitrogen and oxygen atoms in total. The number of hydrogen-bond acceptors (Lipinski definition) is 4. The van der Waals surface area contributed by atoms with Crippen LogP contribution in [0.5, 0.6) is 0 Å². The Bertz CT molecular complexity index is 350. The third-order valence-corrected chi connectivity index (χ3v) is 4.29. The fourth-order valence-electron chi connectivity index (χ4n) is 2.82. The van der Waals surface area contributed by atoms with Crippen molar-refractivity contribution in [2.75, 3.05) is 13.1 Å². The minimum absolute atomic E-state index is 0.0375. The van der Waals surface area contributed by atoms with Crippen molar-refractivity contribution in [3.63, 3.8) is 0 Å². The van der Waals surface area contributed by atoms with E-state index in [1.165, 1.54) is 0 Å². The van der Waals surface area contributed by atoms with Gasteiger partial charge < -0.3 is 0 Å². The topological polar surface area (TPSA) is 54.2 Å². The van der Waals surface area contributed by atoms with E-state index in [0.29, 0.717) is 0 Å². The van der Waals surface area contributed by atoms with Crippen LogP contribution in [0.4, 0.5) is 0 Å². The lowest BCUT2D eigenvalue weighted by Crippen LogP contribution is -2.61. The van der Waals surface area contributed by atoms with Crippen LogP contribution in [0.25, 0.3) is 0 Å². The summed E-state index contributed by atoms with van der Waals surface area (Å²) in [6.45, 7) is 11.0. The maximum atomic E-state index is 5.83. The number of nitrogens with two attached hydrogens (primary N) is 1. The summed E-state index contributed by atoms with van der Waals surface area (Å²) >= 11 is 0. The van der Waals surface area contributed by atoms with Crippen molar-refractivity contribution in [3.05, 3.63) is 30.1 Å². The van der Waals surface area contributed by atoms with Crippen LogP contribution in [0.15, 0.2) is 24.4 Å². The van der Waals surface area contributed by atoms with Crippen LogP contribution in [0.2, 0.25) is 0 Å². The van der Waals surface area contributed by atoms with Gasteiger partial charge in [-0.1, -0.05) is 26.8 Å². The summed E-state index contributed by atoms with van der Waals surface area (Å²) in [5.41, 5.74) is 4.13. The lowest BCUT2D eigenvalue weighted by atomic mass is 9.84. The van der Waals surface area contributed by atoms with E-state index in [-0.39, 0.29) is 11.6 Å². The Hall–Kier alpha value is -0.970. The lowest BCUT2D eigenvalue weighted by molar-refractivity contribution is 0.0697. The molecule has 0 spiro atoms. The van der Waals surface area contributed by atoms with Gasteiger partial charge in [0, 0.05) is 29.9 Å². The van der Waals surface area contributed by atoms with E-state index in [9.17, 15) is 0 Å². The molecule has 4 heteroatoms. The molecular weight excluding hydrogens is 236 g/mol. The van der Waals surface area contributed by atoms with Crippen molar-refractivity contribution in [1.29, 1.82) is 0 Å². The molecule has 0 aliphatic carbocycles. The molecule has 0 saturated carbocycles. The van der Waals surface area contributed by atoms with Crippen molar-refractivity contribution < 1.29 is 0 Å². The Kier molecular flexibility index (Phi) is 6.42. The average molecular weight is 264 g/mol. The van der Waals surface area contributed by atoms with E-state index >= 15 is 0 Å². The summed E-state index contributed by atoms with van der Waals surface area (Å²) in [5.74, 6) is 5.83. The Morgan fingerprint density at radius 3 is 2.42 bits per heavy atom. The summed E-state index contributed by atoms with van der Waals surface area (Å²) < 4.78 is 0. The maximum absolute atomic E-state index is 5.83. The highest BCUT2D eigenvalue weighted by molar-refractivity contribution is 5.09. The Balaban J connectivity index is 2.92. The van der Waals surface area contributed by atoms with Crippen molar-refractivity contribution in [2.24, 2.45) is 5.84 Å². The molecule has 0 aliphatic heterocycles. The molecule has 19 heavy (non-hydrogen) atoms. The number of aromatic nitrogens is 1. The third kappa shape index (κ3) is 3.75. The van der Waals surface area contributed by atoms with Crippen LogP contribution in [0.3, 0.4) is 0 Å². The maximum Gasteiger partial charge on any atom is 0.0447 e. The van der Waals surface area contributed by atoms with Gasteiger partial charge in [-0.05, 0) is 38.6 Å². The van der Waals surface area contributed by atoms with Gasteiger partial charge in [-0.15, -0.1) is 0 Å². The zero-order chi connectivity index (χ0) is 14.3. The molecule has 1 rings (SSSR count). The van der Waals surface area contributed by atoms with Crippen LogP contribution in [0, 0.1) is 0 Å². The highest BCUT2D eigenvalue weighted by Crippen LogP contribution is 2.25. The molecule has 1 heterocycles. The van der Waals surface area contributed by atoms with Crippen LogP contribution < -0.4 is 11.3 Å². The van der Waals surface area contributed by atoms with Gasteiger partial charge in [0.2, 0.25) is 0 Å². The van der Waals surface area contributed by atoms with Crippen molar-refractivity contribution in [3.8, 4) is 0 Å². The van der Waals surface area contributed by atoms with Gasteiger partial charge >= 0.3 is 0 Å². The van der Waals surface area contributed by atoms with Gasteiger partial charge in [0.25, 0.3) is 0 Å². The molecule has 3 N–H and O–H groups in total. The molecule has 0 radical (unpaired) electrons. The molecule has 2 atom stereocenters. The first kappa shape index (κ1) is 16.1. The number of rotatable bonds is 8. The highest BCUT2D eigenvalue weighted by Gasteiger charge is 2.36. The number of hydrogen-bond donors (Lipinski definition) is 2. The predicted molar refractivity (Wildman–Crippen MR) is 80.7 cm³/mol. The molecule has 0 amide bonds. The van der Waals surface area contributed by atoms with E-state index in [2.05, 4.69) is 49.1 Å². The summed E-state index contributed by atoms with van der Waals surface area (Å²) in [6, 6.07) is 6.21. The van der Waals surface area contributed by atoms with E-state index in [1.807, 2.05) is 18.3 Å². The van der Waals surface area contributed by atoms with Gasteiger partial charge in [0.1, 0.15) is 0 Å². The second kappa shape index (κ2) is 7.58. The molecule has 2 unspecified atom stereocenters. The van der Waals surface area contributed by atoms with Crippen LogP contribution >= 0.6 is 0 Å². The molecule has 108 valence electrons. The summed E-state index contributed by atoms with van der Waals surface area (Å²) in [6.07, 6.45) is 3.73. The van der Waals surface area contributed by atoms with Crippen molar-refractivity contribution >= 4 is 0 Å². The van der Waals surface area contributed by atoms with Gasteiger partial charge in [0.05, 0.1) is 0 Å². The average Bonchev–Trinajstić information content (AvgIpc) is 2.46. The summed E-state index contributed by atoms with van der Waals surface area (Å²) in [5, 5.41) is 0. The number of nitrogens with one attached hydrogen (secondary N) is 1. The van der Waals surface area contributed by atoms with Crippen molar-refractivity contribution in [2.45, 2.75) is 52.1 Å². The molecule has 0 fully saturated rings. The Labute approximate surface area is 117 Å². The van der Waals surface area contributed by atoms with E-state index in [4.69, 9.17) is 5.84 Å². The van der Waals surface area contributed by atoms with Gasteiger partial charge in [-0.3, -0.25) is 21.2 Å². The quantitative estimate of drug-likeness (QED) is 0.557. The normalized spacial score (nSPS) is 16.3. The smallest absolute Gasteiger partial charge is 0.0447 e. The molecule has 0 aromatic carbocycles. The predicted octanol–water partition coefficient (Wildman–Crippen LogP) is 1.97. The number of hydrazine groups is 1. The largest absolute Gasteiger partial charge is 0.297 e. The van der Waals surface area contributed by atoms with E-state index in [0.717, 1.165) is 31.6 Å². The number of pyridine rings is 1. The molecule has 1 aromatic rings. The zero-order valence-corrected chi connectivity index (χ0v) is 12.7. The lowest BCUT2D eigenvalue weighted by Gasteiger charge is -2.45. The second-order valence-electron chi connectivity index (χ2n) is 5.13. The molecule has 0 bridgehead atoms. The van der Waals surface area contributed by atoms with Crippen LogP contribution in [-0.2, 0) is 6.42 Å². The van der Waals surface area contributed by atoms with Crippen LogP contribution in [0.1, 0.15) is 39.8 Å². The number of nitrogens with zero attached hydrogens (tertiary/aromatic N) is 2. The minimum Gasteiger partial charge on any atom is -0.297 e. The van der Waals surface area contributed by atoms with Crippen LogP contribution in [-0.4, -0.2) is 34.6 Å². The molecule has 0 saturated heterocycles. The summed E-state index contributed by atoms with van der Waals surface area (Å²) in [7, 11) is 0. The monoisotopic (exact) mass is 264 g/mol. The molecule has 0 aliphatic rings. The first-order valence-electron chi connectivity index (χ1n) is 7.23. The molecule has 1 aromatic heterocycles. The standard InChI is InChI=1S/C15H28N4/c1-5-15(4,19(6-2)7-3)14(18-16)12-13-10-8-9-11-17-13/h8-11,14,18H,5-7,12,16H2,1-4H3. The fraction of sp³-hybridized carbons (Fsp3) is 0.667.